The maximum atomic E-state index is 10.2. The third kappa shape index (κ3) is 2.71. The molecule has 17 heavy (non-hydrogen) atoms. The summed E-state index contributed by atoms with van der Waals surface area (Å²) in [4.78, 5) is 4.09. The first-order valence-corrected chi connectivity index (χ1v) is 5.65. The molecule has 0 saturated carbocycles. The molecule has 2 aromatic rings. The van der Waals surface area contributed by atoms with Crippen LogP contribution in [0.15, 0.2) is 24.5 Å². The molecule has 4 nitrogen and oxygen atoms in total. The van der Waals surface area contributed by atoms with E-state index < -0.39 is 6.10 Å². The quantitative estimate of drug-likeness (QED) is 0.874. The predicted molar refractivity (Wildman–Crippen MR) is 65.6 cm³/mol. The lowest BCUT2D eigenvalue weighted by Gasteiger charge is -2.11. The summed E-state index contributed by atoms with van der Waals surface area (Å²) < 4.78 is 1.81. The number of hydrogen-bond donors (Lipinski definition) is 1. The fourth-order valence-electron chi connectivity index (χ4n) is 1.93. The van der Waals surface area contributed by atoms with E-state index in [2.05, 4.69) is 10.1 Å². The number of aliphatic hydroxyl groups is 1. The summed E-state index contributed by atoms with van der Waals surface area (Å²) in [6.45, 7) is 3.92. The van der Waals surface area contributed by atoms with Crippen molar-refractivity contribution < 1.29 is 5.11 Å². The van der Waals surface area contributed by atoms with Gasteiger partial charge in [-0.1, -0.05) is 6.07 Å². The molecule has 0 amide bonds. The van der Waals surface area contributed by atoms with E-state index in [-0.39, 0.29) is 0 Å². The van der Waals surface area contributed by atoms with E-state index in [1.54, 1.807) is 12.4 Å². The number of aliphatic hydroxyl groups excluding tert-OH is 1. The standard InChI is InChI=1S/C13H17N3O/c1-9-4-11(8-14-7-9)13(17)6-12-5-10(2)15-16(12)3/h4-5,7-8,13,17H,6H2,1-3H3. The van der Waals surface area contributed by atoms with E-state index in [0.717, 1.165) is 22.5 Å². The van der Waals surface area contributed by atoms with E-state index in [9.17, 15) is 5.11 Å². The Morgan fingerprint density at radius 1 is 1.29 bits per heavy atom. The van der Waals surface area contributed by atoms with E-state index in [1.807, 2.05) is 37.7 Å². The summed E-state index contributed by atoms with van der Waals surface area (Å²) >= 11 is 0. The monoisotopic (exact) mass is 231 g/mol. The van der Waals surface area contributed by atoms with E-state index in [4.69, 9.17) is 0 Å². The molecule has 1 atom stereocenters. The molecule has 0 radical (unpaired) electrons. The van der Waals surface area contributed by atoms with Gasteiger partial charge < -0.3 is 5.11 Å². The van der Waals surface area contributed by atoms with Crippen LogP contribution in [0.25, 0.3) is 0 Å². The molecule has 1 N–H and O–H groups in total. The minimum atomic E-state index is -0.530. The van der Waals surface area contributed by atoms with Gasteiger partial charge in [0, 0.05) is 31.6 Å². The Hall–Kier alpha value is -1.68. The zero-order chi connectivity index (χ0) is 12.4. The van der Waals surface area contributed by atoms with Gasteiger partial charge in [0.25, 0.3) is 0 Å². The van der Waals surface area contributed by atoms with Gasteiger partial charge in [-0.25, -0.2) is 0 Å². The molecule has 0 bridgehead atoms. The topological polar surface area (TPSA) is 50.9 Å². The van der Waals surface area contributed by atoms with E-state index in [0.29, 0.717) is 6.42 Å². The highest BCUT2D eigenvalue weighted by molar-refractivity contribution is 5.21. The summed E-state index contributed by atoms with van der Waals surface area (Å²) in [5, 5.41) is 14.4. The van der Waals surface area contributed by atoms with Gasteiger partial charge in [-0.05, 0) is 31.0 Å². The Morgan fingerprint density at radius 3 is 2.65 bits per heavy atom. The Bertz CT molecular complexity index is 519. The zero-order valence-electron chi connectivity index (χ0n) is 10.4. The van der Waals surface area contributed by atoms with Crippen molar-refractivity contribution in [2.75, 3.05) is 0 Å². The number of rotatable bonds is 3. The maximum absolute atomic E-state index is 10.2. The zero-order valence-corrected chi connectivity index (χ0v) is 10.4. The van der Waals surface area contributed by atoms with Crippen LogP contribution in [0.4, 0.5) is 0 Å². The molecule has 2 heterocycles. The first kappa shape index (κ1) is 11.8. The molecular formula is C13H17N3O. The van der Waals surface area contributed by atoms with Gasteiger partial charge in [0.1, 0.15) is 0 Å². The van der Waals surface area contributed by atoms with Gasteiger partial charge >= 0.3 is 0 Å². The summed E-state index contributed by atoms with van der Waals surface area (Å²) in [6, 6.07) is 3.95. The SMILES string of the molecule is Cc1cncc(C(O)Cc2cc(C)nn2C)c1. The van der Waals surface area contributed by atoms with Gasteiger partial charge in [0.2, 0.25) is 0 Å². The lowest BCUT2D eigenvalue weighted by molar-refractivity contribution is 0.175. The second-order valence-electron chi connectivity index (χ2n) is 4.42. The molecule has 0 aromatic carbocycles. The number of hydrogen-bond acceptors (Lipinski definition) is 3. The maximum Gasteiger partial charge on any atom is 0.0860 e. The molecule has 0 fully saturated rings. The molecule has 2 rings (SSSR count). The summed E-state index contributed by atoms with van der Waals surface area (Å²) in [6.07, 6.45) is 3.52. The summed E-state index contributed by atoms with van der Waals surface area (Å²) in [7, 11) is 1.89. The van der Waals surface area contributed by atoms with Crippen LogP contribution < -0.4 is 0 Å². The molecule has 90 valence electrons. The van der Waals surface area contributed by atoms with E-state index >= 15 is 0 Å². The Balaban J connectivity index is 2.16. The van der Waals surface area contributed by atoms with Crippen molar-refractivity contribution in [2.45, 2.75) is 26.4 Å². The van der Waals surface area contributed by atoms with Crippen LogP contribution in [0.1, 0.15) is 28.6 Å². The molecule has 4 heteroatoms. The van der Waals surface area contributed by atoms with Crippen molar-refractivity contribution in [3.8, 4) is 0 Å². The predicted octanol–water partition coefficient (Wildman–Crippen LogP) is 1.71. The molecule has 0 saturated heterocycles. The molecule has 1 unspecified atom stereocenters. The number of nitrogens with zero attached hydrogens (tertiary/aromatic N) is 3. The highest BCUT2D eigenvalue weighted by atomic mass is 16.3. The Morgan fingerprint density at radius 2 is 2.06 bits per heavy atom. The Kier molecular flexibility index (Phi) is 3.24. The normalized spacial score (nSPS) is 12.7. The second kappa shape index (κ2) is 4.67. The van der Waals surface area contributed by atoms with Crippen LogP contribution in [0.3, 0.4) is 0 Å². The minimum absolute atomic E-state index is 0.530. The first-order chi connectivity index (χ1) is 8.06. The van der Waals surface area contributed by atoms with Crippen molar-refractivity contribution in [1.82, 2.24) is 14.8 Å². The van der Waals surface area contributed by atoms with Gasteiger partial charge in [0.05, 0.1) is 11.8 Å². The average Bonchev–Trinajstić information content (AvgIpc) is 2.57. The van der Waals surface area contributed by atoms with Crippen LogP contribution in [0.5, 0.6) is 0 Å². The third-order valence-electron chi connectivity index (χ3n) is 2.78. The first-order valence-electron chi connectivity index (χ1n) is 5.65. The molecule has 0 spiro atoms. The highest BCUT2D eigenvalue weighted by Crippen LogP contribution is 2.18. The van der Waals surface area contributed by atoms with Gasteiger partial charge in [-0.2, -0.15) is 5.10 Å². The van der Waals surface area contributed by atoms with Crippen LogP contribution in [-0.4, -0.2) is 19.9 Å². The Labute approximate surface area is 101 Å². The lowest BCUT2D eigenvalue weighted by Crippen LogP contribution is -2.07. The van der Waals surface area contributed by atoms with Gasteiger partial charge in [-0.15, -0.1) is 0 Å². The lowest BCUT2D eigenvalue weighted by atomic mass is 10.1. The summed E-state index contributed by atoms with van der Waals surface area (Å²) in [5.74, 6) is 0. The molecule has 0 aliphatic rings. The number of aromatic nitrogens is 3. The smallest absolute Gasteiger partial charge is 0.0860 e. The van der Waals surface area contributed by atoms with Crippen LogP contribution >= 0.6 is 0 Å². The van der Waals surface area contributed by atoms with Crippen LogP contribution in [-0.2, 0) is 13.5 Å². The van der Waals surface area contributed by atoms with Gasteiger partial charge in [0.15, 0.2) is 0 Å². The summed E-state index contributed by atoms with van der Waals surface area (Å²) in [5.41, 5.74) is 3.90. The molecular weight excluding hydrogens is 214 g/mol. The van der Waals surface area contributed by atoms with Crippen molar-refractivity contribution in [1.29, 1.82) is 0 Å². The number of pyridine rings is 1. The molecule has 2 aromatic heterocycles. The second-order valence-corrected chi connectivity index (χ2v) is 4.42. The van der Waals surface area contributed by atoms with Gasteiger partial charge in [-0.3, -0.25) is 9.67 Å². The number of aryl methyl sites for hydroxylation is 3. The van der Waals surface area contributed by atoms with Crippen LogP contribution in [0.2, 0.25) is 0 Å². The highest BCUT2D eigenvalue weighted by Gasteiger charge is 2.12. The third-order valence-corrected chi connectivity index (χ3v) is 2.78. The fourth-order valence-corrected chi connectivity index (χ4v) is 1.93. The minimum Gasteiger partial charge on any atom is -0.388 e. The van der Waals surface area contributed by atoms with Crippen molar-refractivity contribution in [3.63, 3.8) is 0 Å². The molecule has 0 aliphatic carbocycles. The van der Waals surface area contributed by atoms with Crippen LogP contribution in [0, 0.1) is 13.8 Å². The van der Waals surface area contributed by atoms with Crippen molar-refractivity contribution in [2.24, 2.45) is 7.05 Å². The molecule has 0 aliphatic heterocycles. The van der Waals surface area contributed by atoms with Crippen molar-refractivity contribution in [3.05, 3.63) is 47.0 Å². The fraction of sp³-hybridized carbons (Fsp3) is 0.385. The largest absolute Gasteiger partial charge is 0.388 e. The average molecular weight is 231 g/mol. The van der Waals surface area contributed by atoms with E-state index in [1.165, 1.54) is 0 Å². The van der Waals surface area contributed by atoms with Crippen molar-refractivity contribution >= 4 is 0 Å².